The van der Waals surface area contributed by atoms with Crippen LogP contribution in [0.15, 0.2) is 23.1 Å². The van der Waals surface area contributed by atoms with Crippen molar-refractivity contribution in [3.63, 3.8) is 0 Å². The van der Waals surface area contributed by atoms with Crippen LogP contribution < -0.4 is 9.80 Å². The minimum Gasteiger partial charge on any atom is -0.368 e. The lowest BCUT2D eigenvalue weighted by atomic mass is 10.2. The molecule has 1 aliphatic heterocycles. The topological polar surface area (TPSA) is 110 Å². The van der Waals surface area contributed by atoms with Crippen molar-refractivity contribution in [2.24, 2.45) is 0 Å². The van der Waals surface area contributed by atoms with E-state index in [1.165, 1.54) is 23.7 Å². The highest BCUT2D eigenvalue weighted by molar-refractivity contribution is 7.90. The van der Waals surface area contributed by atoms with Gasteiger partial charge in [0.25, 0.3) is 5.69 Å². The van der Waals surface area contributed by atoms with Gasteiger partial charge in [-0.15, -0.1) is 0 Å². The summed E-state index contributed by atoms with van der Waals surface area (Å²) in [4.78, 5) is 18.8. The first-order chi connectivity index (χ1) is 12.3. The highest BCUT2D eigenvalue weighted by Gasteiger charge is 2.25. The van der Waals surface area contributed by atoms with Crippen LogP contribution in [0.3, 0.4) is 0 Å². The third-order valence-corrected chi connectivity index (χ3v) is 6.17. The van der Waals surface area contributed by atoms with Crippen LogP contribution in [0.5, 0.6) is 0 Å². The van der Waals surface area contributed by atoms with Gasteiger partial charge in [0.15, 0.2) is 9.84 Å². The van der Waals surface area contributed by atoms with Crippen molar-refractivity contribution in [1.82, 2.24) is 9.36 Å². The van der Waals surface area contributed by atoms with Crippen molar-refractivity contribution in [1.29, 1.82) is 0 Å². The van der Waals surface area contributed by atoms with Crippen molar-refractivity contribution in [2.75, 3.05) is 42.2 Å². The molecule has 3 rings (SSSR count). The second kappa shape index (κ2) is 7.16. The average Bonchev–Trinajstić information content (AvgIpc) is 3.10. The molecule has 0 spiro atoms. The predicted molar refractivity (Wildman–Crippen MR) is 99.9 cm³/mol. The van der Waals surface area contributed by atoms with E-state index in [4.69, 9.17) is 0 Å². The molecule has 0 radical (unpaired) electrons. The molecule has 2 aromatic rings. The highest BCUT2D eigenvalue weighted by atomic mass is 32.2. The van der Waals surface area contributed by atoms with Crippen molar-refractivity contribution in [2.45, 2.75) is 18.2 Å². The van der Waals surface area contributed by atoms with Crippen LogP contribution >= 0.6 is 11.5 Å². The molecule has 11 heteroatoms. The molecule has 1 saturated heterocycles. The molecule has 1 aliphatic rings. The zero-order valence-electron chi connectivity index (χ0n) is 14.5. The van der Waals surface area contributed by atoms with Crippen LogP contribution in [-0.2, 0) is 16.3 Å². The monoisotopic (exact) mass is 397 g/mol. The van der Waals surface area contributed by atoms with Gasteiger partial charge in [0.05, 0.1) is 4.92 Å². The number of aromatic nitrogens is 2. The number of nitro groups is 1. The van der Waals surface area contributed by atoms with E-state index in [0.717, 1.165) is 36.7 Å². The summed E-state index contributed by atoms with van der Waals surface area (Å²) in [6.07, 6.45) is 1.78. The number of benzene rings is 1. The maximum absolute atomic E-state index is 11.9. The quantitative estimate of drug-likeness (QED) is 0.554. The number of hydrogen-bond acceptors (Lipinski definition) is 9. The average molecular weight is 397 g/mol. The first-order valence-corrected chi connectivity index (χ1v) is 10.8. The Kier molecular flexibility index (Phi) is 5.10. The molecule has 1 aromatic heterocycles. The van der Waals surface area contributed by atoms with Crippen LogP contribution in [0.2, 0.25) is 0 Å². The minimum absolute atomic E-state index is 0.251. The van der Waals surface area contributed by atoms with Gasteiger partial charge in [0.1, 0.15) is 10.7 Å². The largest absolute Gasteiger partial charge is 0.368 e. The number of nitro benzene ring substituents is 1. The lowest BCUT2D eigenvalue weighted by Crippen LogP contribution is -2.46. The first-order valence-electron chi connectivity index (χ1n) is 8.10. The van der Waals surface area contributed by atoms with Crippen molar-refractivity contribution in [3.8, 4) is 0 Å². The number of piperazine rings is 1. The Labute approximate surface area is 155 Å². The van der Waals surface area contributed by atoms with Crippen LogP contribution in [0.25, 0.3) is 0 Å². The second-order valence-corrected chi connectivity index (χ2v) is 8.72. The van der Waals surface area contributed by atoms with Gasteiger partial charge in [-0.05, 0) is 12.1 Å². The van der Waals surface area contributed by atoms with Gasteiger partial charge < -0.3 is 9.80 Å². The number of aryl methyl sites for hydroxylation is 1. The molecule has 0 bridgehead atoms. The minimum atomic E-state index is -3.69. The standard InChI is InChI=1S/C15H19N5O4S2/c1-3-14-16-15(25-17-14)19-8-6-18(7-9-19)11-4-5-12(20(21)22)13(10-11)26(2,23)24/h4-5,10H,3,6-9H2,1-2H3. The van der Waals surface area contributed by atoms with Crippen LogP contribution in [0, 0.1) is 10.1 Å². The van der Waals surface area contributed by atoms with Gasteiger partial charge in [-0.3, -0.25) is 10.1 Å². The molecular formula is C15H19N5O4S2. The van der Waals surface area contributed by atoms with E-state index in [9.17, 15) is 18.5 Å². The Morgan fingerprint density at radius 2 is 1.88 bits per heavy atom. The van der Waals surface area contributed by atoms with E-state index < -0.39 is 20.4 Å². The molecule has 1 aromatic carbocycles. The fraction of sp³-hybridized carbons (Fsp3) is 0.467. The van der Waals surface area contributed by atoms with Gasteiger partial charge in [-0.2, -0.15) is 4.37 Å². The van der Waals surface area contributed by atoms with E-state index in [2.05, 4.69) is 14.3 Å². The lowest BCUT2D eigenvalue weighted by Gasteiger charge is -2.35. The molecular weight excluding hydrogens is 378 g/mol. The Morgan fingerprint density at radius 3 is 2.42 bits per heavy atom. The molecule has 140 valence electrons. The summed E-state index contributed by atoms with van der Waals surface area (Å²) in [5.41, 5.74) is 0.276. The number of sulfone groups is 1. The zero-order valence-corrected chi connectivity index (χ0v) is 16.1. The summed E-state index contributed by atoms with van der Waals surface area (Å²) in [5.74, 6) is 0.834. The van der Waals surface area contributed by atoms with Gasteiger partial charge in [-0.1, -0.05) is 6.92 Å². The summed E-state index contributed by atoms with van der Waals surface area (Å²) >= 11 is 1.38. The first kappa shape index (κ1) is 18.5. The van der Waals surface area contributed by atoms with Crippen LogP contribution in [-0.4, -0.2) is 55.1 Å². The number of anilines is 2. The summed E-state index contributed by atoms with van der Waals surface area (Å²) in [6.45, 7) is 4.80. The molecule has 0 saturated carbocycles. The molecule has 2 heterocycles. The molecule has 26 heavy (non-hydrogen) atoms. The van der Waals surface area contributed by atoms with Crippen LogP contribution in [0.4, 0.5) is 16.5 Å². The van der Waals surface area contributed by atoms with Gasteiger partial charge in [0, 0.05) is 62.1 Å². The third kappa shape index (κ3) is 3.78. The highest BCUT2D eigenvalue weighted by Crippen LogP contribution is 2.30. The second-order valence-electron chi connectivity index (χ2n) is 6.00. The molecule has 0 aliphatic carbocycles. The fourth-order valence-electron chi connectivity index (χ4n) is 2.82. The summed E-state index contributed by atoms with van der Waals surface area (Å²) in [7, 11) is -3.69. The van der Waals surface area contributed by atoms with Crippen molar-refractivity contribution >= 4 is 37.9 Å². The maximum Gasteiger partial charge on any atom is 0.288 e. The Bertz CT molecular complexity index is 920. The Hall–Kier alpha value is -2.27. The number of rotatable bonds is 5. The molecule has 1 fully saturated rings. The molecule has 9 nitrogen and oxygen atoms in total. The Balaban J connectivity index is 1.78. The predicted octanol–water partition coefficient (Wildman–Crippen LogP) is 1.74. The number of hydrogen-bond donors (Lipinski definition) is 0. The normalized spacial score (nSPS) is 15.3. The SMILES string of the molecule is CCc1nsc(N2CCN(c3ccc([N+](=O)[O-])c(S(C)(=O)=O)c3)CC2)n1. The van der Waals surface area contributed by atoms with Crippen LogP contribution in [0.1, 0.15) is 12.7 Å². The van der Waals surface area contributed by atoms with E-state index in [-0.39, 0.29) is 4.90 Å². The Morgan fingerprint density at radius 1 is 1.23 bits per heavy atom. The molecule has 0 amide bonds. The summed E-state index contributed by atoms with van der Waals surface area (Å²) in [6, 6.07) is 4.25. The van der Waals surface area contributed by atoms with E-state index in [0.29, 0.717) is 18.8 Å². The zero-order chi connectivity index (χ0) is 18.9. The summed E-state index contributed by atoms with van der Waals surface area (Å²) < 4.78 is 28.1. The fourth-order valence-corrected chi connectivity index (χ4v) is 4.48. The third-order valence-electron chi connectivity index (χ3n) is 4.23. The maximum atomic E-state index is 11.9. The lowest BCUT2D eigenvalue weighted by molar-refractivity contribution is -0.387. The molecule has 0 unspecified atom stereocenters. The van der Waals surface area contributed by atoms with E-state index in [1.807, 2.05) is 11.8 Å². The van der Waals surface area contributed by atoms with Crippen molar-refractivity contribution < 1.29 is 13.3 Å². The number of nitrogens with zero attached hydrogens (tertiary/aromatic N) is 5. The van der Waals surface area contributed by atoms with Gasteiger partial charge in [0.2, 0.25) is 5.13 Å². The van der Waals surface area contributed by atoms with Gasteiger partial charge in [-0.25, -0.2) is 13.4 Å². The smallest absolute Gasteiger partial charge is 0.288 e. The van der Waals surface area contributed by atoms with Crippen molar-refractivity contribution in [3.05, 3.63) is 34.1 Å². The molecule has 0 N–H and O–H groups in total. The van der Waals surface area contributed by atoms with Gasteiger partial charge >= 0.3 is 0 Å². The molecule has 0 atom stereocenters. The summed E-state index contributed by atoms with van der Waals surface area (Å²) in [5, 5.41) is 12.0. The van der Waals surface area contributed by atoms with E-state index >= 15 is 0 Å². The van der Waals surface area contributed by atoms with E-state index in [1.54, 1.807) is 6.07 Å².